The van der Waals surface area contributed by atoms with Crippen molar-refractivity contribution in [2.75, 3.05) is 5.32 Å². The van der Waals surface area contributed by atoms with Gasteiger partial charge in [0.15, 0.2) is 0 Å². The second-order valence-corrected chi connectivity index (χ2v) is 5.98. The van der Waals surface area contributed by atoms with E-state index in [-0.39, 0.29) is 5.69 Å². The highest BCUT2D eigenvalue weighted by Gasteiger charge is 2.18. The minimum Gasteiger partial charge on any atom is -0.456 e. The van der Waals surface area contributed by atoms with Crippen LogP contribution < -0.4 is 5.32 Å². The van der Waals surface area contributed by atoms with Crippen molar-refractivity contribution >= 4 is 23.0 Å². The number of benzene rings is 2. The fraction of sp³-hybridized carbons (Fsp3) is 0.235. The zero-order valence-electron chi connectivity index (χ0n) is 13.2. The molecule has 6 nitrogen and oxygen atoms in total. The molecule has 1 N–H and O–H groups in total. The normalized spacial score (nSPS) is 10.9. The van der Waals surface area contributed by atoms with Crippen molar-refractivity contribution in [1.82, 2.24) is 0 Å². The first-order valence-corrected chi connectivity index (χ1v) is 7.10. The Kier molecular flexibility index (Phi) is 4.64. The van der Waals surface area contributed by atoms with Crippen LogP contribution in [0.3, 0.4) is 0 Å². The lowest BCUT2D eigenvalue weighted by molar-refractivity contribution is -0.383. The molecule has 2 aromatic carbocycles. The number of nitrogens with one attached hydrogen (secondary N) is 1. The molecule has 23 heavy (non-hydrogen) atoms. The maximum atomic E-state index is 11.9. The average Bonchev–Trinajstić information content (AvgIpc) is 2.46. The molecule has 0 amide bonds. The fourth-order valence-corrected chi connectivity index (χ4v) is 1.92. The lowest BCUT2D eigenvalue weighted by atomic mass is 10.1. The summed E-state index contributed by atoms with van der Waals surface area (Å²) in [5, 5.41) is 14.0. The van der Waals surface area contributed by atoms with Crippen LogP contribution in [0.15, 0.2) is 48.5 Å². The molecular weight excluding hydrogens is 296 g/mol. The highest BCUT2D eigenvalue weighted by atomic mass is 16.6. The fourth-order valence-electron chi connectivity index (χ4n) is 1.92. The van der Waals surface area contributed by atoms with Crippen molar-refractivity contribution in [2.24, 2.45) is 0 Å². The zero-order valence-corrected chi connectivity index (χ0v) is 13.2. The molecule has 0 saturated carbocycles. The van der Waals surface area contributed by atoms with Gasteiger partial charge in [0.2, 0.25) is 0 Å². The van der Waals surface area contributed by atoms with E-state index in [9.17, 15) is 14.9 Å². The Bertz CT molecular complexity index is 718. The molecule has 0 fully saturated rings. The van der Waals surface area contributed by atoms with Gasteiger partial charge in [-0.2, -0.15) is 0 Å². The number of nitro benzene ring substituents is 1. The molecule has 6 heteroatoms. The van der Waals surface area contributed by atoms with Gasteiger partial charge >= 0.3 is 5.97 Å². The molecule has 0 aliphatic carbocycles. The summed E-state index contributed by atoms with van der Waals surface area (Å²) in [5.41, 5.74) is 0.893. The number of carbonyl (C=O) groups excluding carboxylic acids is 1. The Balaban J connectivity index is 2.15. The molecule has 2 aromatic rings. The number of rotatable bonds is 4. The van der Waals surface area contributed by atoms with Crippen molar-refractivity contribution in [3.63, 3.8) is 0 Å². The molecule has 0 spiro atoms. The minimum absolute atomic E-state index is 0.0104. The Morgan fingerprint density at radius 3 is 2.26 bits per heavy atom. The first-order valence-electron chi connectivity index (χ1n) is 7.10. The predicted octanol–water partition coefficient (Wildman–Crippen LogP) is 4.29. The van der Waals surface area contributed by atoms with Gasteiger partial charge in [0.05, 0.1) is 10.5 Å². The van der Waals surface area contributed by atoms with E-state index in [2.05, 4.69) is 5.32 Å². The summed E-state index contributed by atoms with van der Waals surface area (Å²) in [5.74, 6) is -0.408. The summed E-state index contributed by atoms with van der Waals surface area (Å²) in [6, 6.07) is 13.0. The Labute approximate surface area is 134 Å². The monoisotopic (exact) mass is 314 g/mol. The van der Waals surface area contributed by atoms with E-state index in [0.29, 0.717) is 16.9 Å². The average molecular weight is 314 g/mol. The summed E-state index contributed by atoms with van der Waals surface area (Å²) in [6.07, 6.45) is 0. The highest BCUT2D eigenvalue weighted by Crippen LogP contribution is 2.27. The van der Waals surface area contributed by atoms with Crippen LogP contribution in [0.25, 0.3) is 0 Å². The summed E-state index contributed by atoms with van der Waals surface area (Å²) in [4.78, 5) is 22.5. The van der Waals surface area contributed by atoms with E-state index in [1.54, 1.807) is 63.2 Å². The number of hydrogen-bond acceptors (Lipinski definition) is 5. The third-order valence-electron chi connectivity index (χ3n) is 2.90. The van der Waals surface area contributed by atoms with Gasteiger partial charge in [-0.3, -0.25) is 10.1 Å². The van der Waals surface area contributed by atoms with Crippen molar-refractivity contribution in [1.29, 1.82) is 0 Å². The van der Waals surface area contributed by atoms with E-state index in [0.717, 1.165) is 0 Å². The van der Waals surface area contributed by atoms with Crippen LogP contribution in [0, 0.1) is 10.1 Å². The van der Waals surface area contributed by atoms with Gasteiger partial charge < -0.3 is 10.1 Å². The molecule has 0 atom stereocenters. The molecule has 0 aliphatic heterocycles. The summed E-state index contributed by atoms with van der Waals surface area (Å²) < 4.78 is 5.28. The molecule has 2 rings (SSSR count). The van der Waals surface area contributed by atoms with Gasteiger partial charge in [0.1, 0.15) is 11.3 Å². The second-order valence-electron chi connectivity index (χ2n) is 5.98. The number of anilines is 2. The van der Waals surface area contributed by atoms with Crippen LogP contribution in [-0.4, -0.2) is 16.5 Å². The highest BCUT2D eigenvalue weighted by molar-refractivity contribution is 5.90. The molecule has 0 bridgehead atoms. The van der Waals surface area contributed by atoms with Gasteiger partial charge in [-0.15, -0.1) is 0 Å². The van der Waals surface area contributed by atoms with Gasteiger partial charge in [-0.1, -0.05) is 12.1 Å². The molecule has 0 unspecified atom stereocenters. The van der Waals surface area contributed by atoms with E-state index in [4.69, 9.17) is 4.74 Å². The second kappa shape index (κ2) is 6.48. The van der Waals surface area contributed by atoms with Crippen LogP contribution in [0.5, 0.6) is 0 Å². The maximum Gasteiger partial charge on any atom is 0.338 e. The lowest BCUT2D eigenvalue weighted by Gasteiger charge is -2.19. The SMILES string of the molecule is CC(C)(C)OC(=O)c1ccc(Nc2ccccc2[N+](=O)[O-])cc1. The predicted molar refractivity (Wildman–Crippen MR) is 88.0 cm³/mol. The number of nitrogens with zero attached hydrogens (tertiary/aromatic N) is 1. The van der Waals surface area contributed by atoms with Gasteiger partial charge in [0, 0.05) is 11.8 Å². The molecule has 0 aliphatic rings. The molecule has 120 valence electrons. The van der Waals surface area contributed by atoms with Crippen LogP contribution >= 0.6 is 0 Å². The van der Waals surface area contributed by atoms with E-state index in [1.807, 2.05) is 0 Å². The minimum atomic E-state index is -0.557. The van der Waals surface area contributed by atoms with Crippen molar-refractivity contribution in [3.8, 4) is 0 Å². The summed E-state index contributed by atoms with van der Waals surface area (Å²) >= 11 is 0. The Morgan fingerprint density at radius 2 is 1.70 bits per heavy atom. The standard InChI is InChI=1S/C17H18N2O4/c1-17(2,3)23-16(20)12-8-10-13(11-9-12)18-14-6-4-5-7-15(14)19(21)22/h4-11,18H,1-3H3. The summed E-state index contributed by atoms with van der Waals surface area (Å²) in [6.45, 7) is 5.40. The largest absolute Gasteiger partial charge is 0.456 e. The van der Waals surface area contributed by atoms with Crippen molar-refractivity contribution in [3.05, 3.63) is 64.2 Å². The maximum absolute atomic E-state index is 11.9. The first kappa shape index (κ1) is 16.5. The van der Waals surface area contributed by atoms with Crippen LogP contribution in [0.4, 0.5) is 17.1 Å². The first-order chi connectivity index (χ1) is 10.8. The molecule has 0 heterocycles. The molecular formula is C17H18N2O4. The number of carbonyl (C=O) groups is 1. The topological polar surface area (TPSA) is 81.5 Å². The van der Waals surface area contributed by atoms with Crippen molar-refractivity contribution in [2.45, 2.75) is 26.4 Å². The summed E-state index contributed by atoms with van der Waals surface area (Å²) in [7, 11) is 0. The van der Waals surface area contributed by atoms with Crippen LogP contribution in [0.2, 0.25) is 0 Å². The van der Waals surface area contributed by atoms with Gasteiger partial charge in [0.25, 0.3) is 5.69 Å². The lowest BCUT2D eigenvalue weighted by Crippen LogP contribution is -2.23. The van der Waals surface area contributed by atoms with E-state index in [1.165, 1.54) is 6.07 Å². The Morgan fingerprint density at radius 1 is 1.09 bits per heavy atom. The van der Waals surface area contributed by atoms with Crippen LogP contribution in [0.1, 0.15) is 31.1 Å². The zero-order chi connectivity index (χ0) is 17.0. The smallest absolute Gasteiger partial charge is 0.338 e. The quantitative estimate of drug-likeness (QED) is 0.517. The van der Waals surface area contributed by atoms with E-state index < -0.39 is 16.5 Å². The molecule has 0 aromatic heterocycles. The van der Waals surface area contributed by atoms with Gasteiger partial charge in [-0.05, 0) is 51.1 Å². The molecule has 0 saturated heterocycles. The van der Waals surface area contributed by atoms with Crippen LogP contribution in [-0.2, 0) is 4.74 Å². The Hall–Kier alpha value is -2.89. The number of nitro groups is 1. The number of ether oxygens (including phenoxy) is 1. The third kappa shape index (κ3) is 4.54. The third-order valence-corrected chi connectivity index (χ3v) is 2.90. The number of hydrogen-bond donors (Lipinski definition) is 1. The van der Waals surface area contributed by atoms with Gasteiger partial charge in [-0.25, -0.2) is 4.79 Å². The number of para-hydroxylation sites is 2. The van der Waals surface area contributed by atoms with E-state index >= 15 is 0 Å². The van der Waals surface area contributed by atoms with Crippen molar-refractivity contribution < 1.29 is 14.5 Å². The molecule has 0 radical (unpaired) electrons. The number of esters is 1.